The molecule has 0 unspecified atom stereocenters. The van der Waals surface area contributed by atoms with Crippen molar-refractivity contribution in [1.29, 1.82) is 0 Å². The van der Waals surface area contributed by atoms with Crippen molar-refractivity contribution in [2.24, 2.45) is 4.99 Å². The minimum absolute atomic E-state index is 0. The standard InChI is InChI=1S/C10H24N4O2S.HI/c1-4-7-12-10(11-3)13-8-6-9-14-17(15,16)5-2;/h14H,4-9H2,1-3H3,(H2,11,12,13);1H. The lowest BCUT2D eigenvalue weighted by molar-refractivity contribution is 0.579. The second kappa shape index (κ2) is 12.0. The molecule has 110 valence electrons. The van der Waals surface area contributed by atoms with Gasteiger partial charge in [-0.05, 0) is 19.8 Å². The van der Waals surface area contributed by atoms with Gasteiger partial charge in [0.25, 0.3) is 0 Å². The van der Waals surface area contributed by atoms with E-state index in [0.29, 0.717) is 13.1 Å². The fourth-order valence-corrected chi connectivity index (χ4v) is 1.75. The van der Waals surface area contributed by atoms with Crippen molar-refractivity contribution in [3.8, 4) is 0 Å². The summed E-state index contributed by atoms with van der Waals surface area (Å²) in [5.41, 5.74) is 0. The smallest absolute Gasteiger partial charge is 0.211 e. The molecule has 0 fully saturated rings. The van der Waals surface area contributed by atoms with E-state index in [-0.39, 0.29) is 29.7 Å². The molecule has 0 aliphatic rings. The van der Waals surface area contributed by atoms with Crippen LogP contribution >= 0.6 is 24.0 Å². The summed E-state index contributed by atoms with van der Waals surface area (Å²) >= 11 is 0. The molecular weight excluding hydrogens is 367 g/mol. The average Bonchev–Trinajstić information content (AvgIpc) is 2.32. The first-order chi connectivity index (χ1) is 8.05. The molecule has 0 aliphatic carbocycles. The van der Waals surface area contributed by atoms with Crippen LogP contribution in [0.5, 0.6) is 0 Å². The second-order valence-corrected chi connectivity index (χ2v) is 5.67. The minimum Gasteiger partial charge on any atom is -0.356 e. The first kappa shape index (κ1) is 20.2. The number of aliphatic imine (C=N–C) groups is 1. The van der Waals surface area contributed by atoms with Crippen molar-refractivity contribution >= 4 is 40.0 Å². The van der Waals surface area contributed by atoms with E-state index in [4.69, 9.17) is 0 Å². The molecule has 0 aliphatic heterocycles. The van der Waals surface area contributed by atoms with Gasteiger partial charge in [0, 0.05) is 26.7 Å². The summed E-state index contributed by atoms with van der Waals surface area (Å²) < 4.78 is 24.8. The number of hydrogen-bond acceptors (Lipinski definition) is 3. The van der Waals surface area contributed by atoms with Crippen molar-refractivity contribution in [2.45, 2.75) is 26.7 Å². The Morgan fingerprint density at radius 1 is 1.11 bits per heavy atom. The molecule has 0 amide bonds. The van der Waals surface area contributed by atoms with Gasteiger partial charge in [-0.1, -0.05) is 6.92 Å². The first-order valence-corrected chi connectivity index (χ1v) is 7.62. The third kappa shape index (κ3) is 11.0. The molecule has 0 aromatic heterocycles. The number of halogens is 1. The van der Waals surface area contributed by atoms with Gasteiger partial charge in [0.1, 0.15) is 0 Å². The van der Waals surface area contributed by atoms with E-state index in [9.17, 15) is 8.42 Å². The fourth-order valence-electron chi connectivity index (χ4n) is 1.09. The van der Waals surface area contributed by atoms with Crippen molar-refractivity contribution in [1.82, 2.24) is 15.4 Å². The largest absolute Gasteiger partial charge is 0.356 e. The molecule has 0 saturated carbocycles. The van der Waals surface area contributed by atoms with Gasteiger partial charge in [-0.25, -0.2) is 13.1 Å². The van der Waals surface area contributed by atoms with E-state index < -0.39 is 10.0 Å². The summed E-state index contributed by atoms with van der Waals surface area (Å²) in [6.45, 7) is 5.72. The lowest BCUT2D eigenvalue weighted by atomic mass is 10.4. The molecule has 0 bridgehead atoms. The van der Waals surface area contributed by atoms with Gasteiger partial charge in [-0.15, -0.1) is 24.0 Å². The van der Waals surface area contributed by atoms with Gasteiger partial charge < -0.3 is 10.6 Å². The van der Waals surface area contributed by atoms with Crippen molar-refractivity contribution in [3.63, 3.8) is 0 Å². The summed E-state index contributed by atoms with van der Waals surface area (Å²) in [7, 11) is -1.35. The highest BCUT2D eigenvalue weighted by Gasteiger charge is 2.04. The van der Waals surface area contributed by atoms with Crippen LogP contribution in [0.25, 0.3) is 0 Å². The van der Waals surface area contributed by atoms with Crippen LogP contribution in [0.3, 0.4) is 0 Å². The molecule has 0 saturated heterocycles. The van der Waals surface area contributed by atoms with E-state index in [1.807, 2.05) is 0 Å². The summed E-state index contributed by atoms with van der Waals surface area (Å²) in [5.74, 6) is 0.880. The van der Waals surface area contributed by atoms with Crippen LogP contribution in [0.4, 0.5) is 0 Å². The lowest BCUT2D eigenvalue weighted by Gasteiger charge is -2.11. The number of hydrogen-bond donors (Lipinski definition) is 3. The van der Waals surface area contributed by atoms with Crippen LogP contribution in [-0.4, -0.2) is 46.8 Å². The van der Waals surface area contributed by atoms with Crippen molar-refractivity contribution < 1.29 is 8.42 Å². The highest BCUT2D eigenvalue weighted by atomic mass is 127. The Morgan fingerprint density at radius 2 is 1.72 bits per heavy atom. The summed E-state index contributed by atoms with van der Waals surface area (Å²) in [5, 5.41) is 6.25. The van der Waals surface area contributed by atoms with Crippen LogP contribution in [0, 0.1) is 0 Å². The lowest BCUT2D eigenvalue weighted by Crippen LogP contribution is -2.39. The van der Waals surface area contributed by atoms with Gasteiger partial charge in [-0.3, -0.25) is 4.99 Å². The van der Waals surface area contributed by atoms with Gasteiger partial charge in [0.05, 0.1) is 5.75 Å². The molecule has 6 nitrogen and oxygen atoms in total. The van der Waals surface area contributed by atoms with Crippen LogP contribution in [-0.2, 0) is 10.0 Å². The van der Waals surface area contributed by atoms with Crippen LogP contribution in [0.1, 0.15) is 26.7 Å². The maximum Gasteiger partial charge on any atom is 0.211 e. The Hall–Kier alpha value is -0.0900. The maximum atomic E-state index is 11.1. The van der Waals surface area contributed by atoms with E-state index in [2.05, 4.69) is 27.3 Å². The third-order valence-corrected chi connectivity index (χ3v) is 3.52. The molecule has 18 heavy (non-hydrogen) atoms. The monoisotopic (exact) mass is 392 g/mol. The number of sulfonamides is 1. The van der Waals surface area contributed by atoms with Crippen molar-refractivity contribution in [3.05, 3.63) is 0 Å². The van der Waals surface area contributed by atoms with Gasteiger partial charge in [0.15, 0.2) is 5.96 Å². The van der Waals surface area contributed by atoms with Gasteiger partial charge in [0.2, 0.25) is 10.0 Å². The normalized spacial score (nSPS) is 11.8. The number of nitrogens with one attached hydrogen (secondary N) is 3. The van der Waals surface area contributed by atoms with Gasteiger partial charge in [-0.2, -0.15) is 0 Å². The Bertz CT molecular complexity index is 320. The quantitative estimate of drug-likeness (QED) is 0.243. The molecule has 0 heterocycles. The van der Waals surface area contributed by atoms with Crippen LogP contribution in [0.2, 0.25) is 0 Å². The van der Waals surface area contributed by atoms with Crippen molar-refractivity contribution in [2.75, 3.05) is 32.4 Å². The van der Waals surface area contributed by atoms with Gasteiger partial charge >= 0.3 is 0 Å². The Labute approximate surface area is 127 Å². The first-order valence-electron chi connectivity index (χ1n) is 5.97. The molecule has 0 spiro atoms. The molecule has 0 rings (SSSR count). The minimum atomic E-state index is -3.06. The molecule has 0 aromatic carbocycles. The molecule has 0 atom stereocenters. The Kier molecular flexibility index (Phi) is 13.5. The summed E-state index contributed by atoms with van der Waals surface area (Å²) in [4.78, 5) is 4.04. The molecule has 3 N–H and O–H groups in total. The molecule has 0 radical (unpaired) electrons. The molecular formula is C10H25IN4O2S. The maximum absolute atomic E-state index is 11.1. The Morgan fingerprint density at radius 3 is 2.22 bits per heavy atom. The van der Waals surface area contributed by atoms with Crippen LogP contribution in [0.15, 0.2) is 4.99 Å². The Balaban J connectivity index is 0. The van der Waals surface area contributed by atoms with E-state index in [1.54, 1.807) is 14.0 Å². The SMILES string of the molecule is CCCNC(=NC)NCCCNS(=O)(=O)CC.I. The number of rotatable bonds is 8. The molecule has 0 aromatic rings. The van der Waals surface area contributed by atoms with E-state index in [0.717, 1.165) is 25.3 Å². The number of nitrogens with zero attached hydrogens (tertiary/aromatic N) is 1. The highest BCUT2D eigenvalue weighted by Crippen LogP contribution is 1.83. The molecule has 8 heteroatoms. The predicted octanol–water partition coefficient (Wildman–Crippen LogP) is 0.509. The summed E-state index contributed by atoms with van der Waals surface area (Å²) in [6.07, 6.45) is 1.77. The second-order valence-electron chi connectivity index (χ2n) is 3.58. The fraction of sp³-hybridized carbons (Fsp3) is 0.900. The topological polar surface area (TPSA) is 82.6 Å². The zero-order valence-corrected chi connectivity index (χ0v) is 14.5. The predicted molar refractivity (Wildman–Crippen MR) is 87.2 cm³/mol. The zero-order valence-electron chi connectivity index (χ0n) is 11.3. The number of guanidine groups is 1. The average molecular weight is 392 g/mol. The van der Waals surface area contributed by atoms with Crippen LogP contribution < -0.4 is 15.4 Å². The summed E-state index contributed by atoms with van der Waals surface area (Å²) in [6, 6.07) is 0. The zero-order chi connectivity index (χ0) is 13.1. The van der Waals surface area contributed by atoms with E-state index >= 15 is 0 Å². The third-order valence-electron chi connectivity index (χ3n) is 2.11. The highest BCUT2D eigenvalue weighted by molar-refractivity contribution is 14.0. The van der Waals surface area contributed by atoms with E-state index in [1.165, 1.54) is 0 Å².